The van der Waals surface area contributed by atoms with Gasteiger partial charge >= 0.3 is 5.69 Å². The number of halogens is 1. The first-order valence-corrected chi connectivity index (χ1v) is 5.82. The third kappa shape index (κ3) is 2.50. The molecule has 5 nitrogen and oxygen atoms in total. The van der Waals surface area contributed by atoms with Crippen LogP contribution in [-0.2, 0) is 0 Å². The van der Waals surface area contributed by atoms with Gasteiger partial charge in [-0.2, -0.15) is 0 Å². The zero-order chi connectivity index (χ0) is 12.4. The van der Waals surface area contributed by atoms with E-state index in [0.717, 1.165) is 19.3 Å². The normalized spacial score (nSPS) is 23.6. The van der Waals surface area contributed by atoms with Gasteiger partial charge in [0.05, 0.1) is 4.92 Å². The molecule has 0 radical (unpaired) electrons. The number of rotatable bonds is 3. The SMILES string of the molecule is NC1CCCC1Oc1cccc(Cl)c1[N+](=O)[O-]. The molecule has 92 valence electrons. The molecule has 0 saturated heterocycles. The highest BCUT2D eigenvalue weighted by molar-refractivity contribution is 6.32. The van der Waals surface area contributed by atoms with Gasteiger partial charge in [0, 0.05) is 6.04 Å². The summed E-state index contributed by atoms with van der Waals surface area (Å²) < 4.78 is 5.61. The maximum atomic E-state index is 10.9. The molecule has 1 aliphatic rings. The van der Waals surface area contributed by atoms with Gasteiger partial charge in [-0.1, -0.05) is 17.7 Å². The number of nitrogens with zero attached hydrogens (tertiary/aromatic N) is 1. The Bertz CT molecular complexity index is 439. The molecule has 2 N–H and O–H groups in total. The van der Waals surface area contributed by atoms with Gasteiger partial charge in [-0.3, -0.25) is 10.1 Å². The highest BCUT2D eigenvalue weighted by atomic mass is 35.5. The first kappa shape index (κ1) is 12.1. The Morgan fingerprint density at radius 2 is 2.24 bits per heavy atom. The molecule has 0 bridgehead atoms. The van der Waals surface area contributed by atoms with Crippen LogP contribution in [0.5, 0.6) is 5.75 Å². The zero-order valence-electron chi connectivity index (χ0n) is 9.14. The number of hydrogen-bond acceptors (Lipinski definition) is 4. The van der Waals surface area contributed by atoms with Crippen LogP contribution < -0.4 is 10.5 Å². The number of benzene rings is 1. The molecule has 6 heteroatoms. The summed E-state index contributed by atoms with van der Waals surface area (Å²) in [6, 6.07) is 4.59. The van der Waals surface area contributed by atoms with Crippen LogP contribution in [0.4, 0.5) is 5.69 Å². The van der Waals surface area contributed by atoms with Gasteiger partial charge in [-0.15, -0.1) is 0 Å². The second-order valence-electron chi connectivity index (χ2n) is 4.09. The number of nitrogens with two attached hydrogens (primary N) is 1. The standard InChI is InChI=1S/C11H13ClN2O3/c12-7-3-1-6-10(11(7)14(15)16)17-9-5-2-4-8(9)13/h1,3,6,8-9H,2,4-5,13H2. The molecule has 1 saturated carbocycles. The molecule has 0 aromatic heterocycles. The van der Waals surface area contributed by atoms with E-state index >= 15 is 0 Å². The van der Waals surface area contributed by atoms with Crippen molar-refractivity contribution in [3.8, 4) is 5.75 Å². The highest BCUT2D eigenvalue weighted by Gasteiger charge is 2.29. The van der Waals surface area contributed by atoms with Crippen molar-refractivity contribution < 1.29 is 9.66 Å². The molecule has 2 unspecified atom stereocenters. The third-order valence-corrected chi connectivity index (χ3v) is 3.22. The summed E-state index contributed by atoms with van der Waals surface area (Å²) in [6.45, 7) is 0. The van der Waals surface area contributed by atoms with Crippen LogP contribution in [-0.4, -0.2) is 17.1 Å². The van der Waals surface area contributed by atoms with Crippen molar-refractivity contribution in [1.82, 2.24) is 0 Å². The summed E-state index contributed by atoms with van der Waals surface area (Å²) >= 11 is 5.79. The van der Waals surface area contributed by atoms with E-state index in [9.17, 15) is 10.1 Å². The van der Waals surface area contributed by atoms with Crippen LogP contribution in [0, 0.1) is 10.1 Å². The fourth-order valence-electron chi connectivity index (χ4n) is 2.03. The van der Waals surface area contributed by atoms with Gasteiger partial charge in [0.25, 0.3) is 0 Å². The lowest BCUT2D eigenvalue weighted by Gasteiger charge is -2.17. The van der Waals surface area contributed by atoms with Crippen LogP contribution in [0.1, 0.15) is 19.3 Å². The maximum absolute atomic E-state index is 10.9. The zero-order valence-corrected chi connectivity index (χ0v) is 9.89. The summed E-state index contributed by atoms with van der Waals surface area (Å²) in [7, 11) is 0. The molecule has 0 spiro atoms. The summed E-state index contributed by atoms with van der Waals surface area (Å²) in [4.78, 5) is 10.4. The average molecular weight is 257 g/mol. The Morgan fingerprint density at radius 3 is 2.82 bits per heavy atom. The minimum atomic E-state index is -0.530. The topological polar surface area (TPSA) is 78.4 Å². The number of para-hydroxylation sites is 1. The molecule has 1 fully saturated rings. The van der Waals surface area contributed by atoms with Crippen molar-refractivity contribution in [3.05, 3.63) is 33.3 Å². The number of hydrogen-bond donors (Lipinski definition) is 1. The van der Waals surface area contributed by atoms with Crippen LogP contribution in [0.3, 0.4) is 0 Å². The van der Waals surface area contributed by atoms with Crippen LogP contribution >= 0.6 is 11.6 Å². The summed E-state index contributed by atoms with van der Waals surface area (Å²) in [5.41, 5.74) is 5.68. The van der Waals surface area contributed by atoms with Crippen molar-refractivity contribution in [2.24, 2.45) is 5.73 Å². The summed E-state index contributed by atoms with van der Waals surface area (Å²) in [5.74, 6) is 0.199. The van der Waals surface area contributed by atoms with Crippen molar-refractivity contribution in [1.29, 1.82) is 0 Å². The van der Waals surface area contributed by atoms with E-state index < -0.39 is 4.92 Å². The Labute approximate surface area is 104 Å². The first-order chi connectivity index (χ1) is 8.09. The average Bonchev–Trinajstić information content (AvgIpc) is 2.64. The van der Waals surface area contributed by atoms with E-state index in [4.69, 9.17) is 22.1 Å². The van der Waals surface area contributed by atoms with E-state index in [1.807, 2.05) is 0 Å². The molecule has 0 aliphatic heterocycles. The highest BCUT2D eigenvalue weighted by Crippen LogP contribution is 2.36. The fourth-order valence-corrected chi connectivity index (χ4v) is 2.27. The first-order valence-electron chi connectivity index (χ1n) is 5.44. The molecule has 17 heavy (non-hydrogen) atoms. The van der Waals surface area contributed by atoms with Crippen LogP contribution in [0.15, 0.2) is 18.2 Å². The van der Waals surface area contributed by atoms with Gasteiger partial charge < -0.3 is 10.5 Å². The smallest absolute Gasteiger partial charge is 0.329 e. The lowest BCUT2D eigenvalue weighted by atomic mass is 10.2. The molecule has 2 atom stereocenters. The molecule has 0 amide bonds. The van der Waals surface area contributed by atoms with Crippen LogP contribution in [0.2, 0.25) is 5.02 Å². The predicted molar refractivity (Wildman–Crippen MR) is 64.3 cm³/mol. The van der Waals surface area contributed by atoms with E-state index in [2.05, 4.69) is 0 Å². The maximum Gasteiger partial charge on any atom is 0.329 e. The largest absolute Gasteiger partial charge is 0.482 e. The second kappa shape index (κ2) is 4.89. The molecular formula is C11H13ClN2O3. The quantitative estimate of drug-likeness (QED) is 0.666. The monoisotopic (exact) mass is 256 g/mol. The lowest BCUT2D eigenvalue weighted by molar-refractivity contribution is -0.385. The molecule has 1 aliphatic carbocycles. The summed E-state index contributed by atoms with van der Waals surface area (Å²) in [5, 5.41) is 11.0. The van der Waals surface area contributed by atoms with E-state index in [0.29, 0.717) is 0 Å². The van der Waals surface area contributed by atoms with Gasteiger partial charge in [-0.25, -0.2) is 0 Å². The molecule has 0 heterocycles. The van der Waals surface area contributed by atoms with Gasteiger partial charge in [-0.05, 0) is 31.4 Å². The van der Waals surface area contributed by atoms with Crippen molar-refractivity contribution >= 4 is 17.3 Å². The Kier molecular flexibility index (Phi) is 3.49. The van der Waals surface area contributed by atoms with E-state index in [1.54, 1.807) is 12.1 Å². The molecular weight excluding hydrogens is 244 g/mol. The number of ether oxygens (including phenoxy) is 1. The van der Waals surface area contributed by atoms with Gasteiger partial charge in [0.15, 0.2) is 5.75 Å². The number of nitro groups is 1. The summed E-state index contributed by atoms with van der Waals surface area (Å²) in [6.07, 6.45) is 2.54. The Balaban J connectivity index is 2.26. The predicted octanol–water partition coefficient (Wildman–Crippen LogP) is 2.51. The number of nitro benzene ring substituents is 1. The lowest BCUT2D eigenvalue weighted by Crippen LogP contribution is -2.33. The Hall–Kier alpha value is -1.33. The fraction of sp³-hybridized carbons (Fsp3) is 0.455. The molecule has 1 aromatic rings. The van der Waals surface area contributed by atoms with Crippen molar-refractivity contribution in [2.75, 3.05) is 0 Å². The van der Waals surface area contributed by atoms with Gasteiger partial charge in [0.1, 0.15) is 11.1 Å². The Morgan fingerprint density at radius 1 is 1.47 bits per heavy atom. The van der Waals surface area contributed by atoms with Crippen LogP contribution in [0.25, 0.3) is 0 Å². The minimum Gasteiger partial charge on any atom is -0.482 e. The molecule has 1 aromatic carbocycles. The molecule has 2 rings (SSSR count). The van der Waals surface area contributed by atoms with E-state index in [-0.39, 0.29) is 28.6 Å². The van der Waals surface area contributed by atoms with E-state index in [1.165, 1.54) is 6.07 Å². The van der Waals surface area contributed by atoms with Crippen molar-refractivity contribution in [2.45, 2.75) is 31.4 Å². The minimum absolute atomic E-state index is 0.0615. The van der Waals surface area contributed by atoms with Crippen molar-refractivity contribution in [3.63, 3.8) is 0 Å². The third-order valence-electron chi connectivity index (χ3n) is 2.91. The second-order valence-corrected chi connectivity index (χ2v) is 4.50. The van der Waals surface area contributed by atoms with Gasteiger partial charge in [0.2, 0.25) is 0 Å².